The van der Waals surface area contributed by atoms with E-state index in [4.69, 9.17) is 4.74 Å². The van der Waals surface area contributed by atoms with Gasteiger partial charge in [0.05, 0.1) is 10.7 Å². The van der Waals surface area contributed by atoms with Gasteiger partial charge in [-0.15, -0.1) is 11.3 Å². The fourth-order valence-corrected chi connectivity index (χ4v) is 2.12. The van der Waals surface area contributed by atoms with Crippen LogP contribution in [-0.2, 0) is 11.2 Å². The van der Waals surface area contributed by atoms with E-state index in [2.05, 4.69) is 26.0 Å². The van der Waals surface area contributed by atoms with Crippen LogP contribution in [0.1, 0.15) is 17.1 Å². The molecule has 0 radical (unpaired) electrons. The summed E-state index contributed by atoms with van der Waals surface area (Å²) >= 11 is 1.69. The molecule has 0 aliphatic rings. The second kappa shape index (κ2) is 8.88. The number of hydrogen-bond acceptors (Lipinski definition) is 4. The Labute approximate surface area is 113 Å². The van der Waals surface area contributed by atoms with Crippen LogP contribution in [0.2, 0.25) is 0 Å². The molecule has 18 heavy (non-hydrogen) atoms. The molecule has 0 saturated carbocycles. The molecule has 6 heteroatoms. The largest absolute Gasteiger partial charge is 0.385 e. The van der Waals surface area contributed by atoms with E-state index in [0.717, 1.165) is 49.2 Å². The predicted molar refractivity (Wildman–Crippen MR) is 76.4 cm³/mol. The molecule has 0 spiro atoms. The third-order valence-electron chi connectivity index (χ3n) is 2.38. The van der Waals surface area contributed by atoms with Gasteiger partial charge in [-0.3, -0.25) is 4.99 Å². The van der Waals surface area contributed by atoms with Gasteiger partial charge in [0, 0.05) is 45.7 Å². The van der Waals surface area contributed by atoms with Gasteiger partial charge in [-0.25, -0.2) is 4.98 Å². The molecule has 1 heterocycles. The number of aromatic nitrogens is 1. The van der Waals surface area contributed by atoms with E-state index in [1.54, 1.807) is 25.5 Å². The van der Waals surface area contributed by atoms with Gasteiger partial charge in [0.2, 0.25) is 0 Å². The number of nitrogens with one attached hydrogen (secondary N) is 2. The van der Waals surface area contributed by atoms with E-state index in [1.165, 1.54) is 0 Å². The highest BCUT2D eigenvalue weighted by atomic mass is 32.1. The van der Waals surface area contributed by atoms with Crippen molar-refractivity contribution < 1.29 is 4.74 Å². The maximum Gasteiger partial charge on any atom is 0.190 e. The molecule has 0 aliphatic carbocycles. The normalized spacial score (nSPS) is 11.6. The lowest BCUT2D eigenvalue weighted by Gasteiger charge is -2.10. The summed E-state index contributed by atoms with van der Waals surface area (Å²) < 4.78 is 4.99. The van der Waals surface area contributed by atoms with E-state index in [-0.39, 0.29) is 0 Å². The molecule has 0 amide bonds. The lowest BCUT2D eigenvalue weighted by molar-refractivity contribution is 0.195. The highest BCUT2D eigenvalue weighted by Gasteiger charge is 2.00. The molecule has 0 bridgehead atoms. The number of methoxy groups -OCH3 is 1. The van der Waals surface area contributed by atoms with Gasteiger partial charge in [-0.1, -0.05) is 0 Å². The van der Waals surface area contributed by atoms with Crippen molar-refractivity contribution in [2.45, 2.75) is 19.8 Å². The summed E-state index contributed by atoms with van der Waals surface area (Å²) in [4.78, 5) is 8.58. The number of rotatable bonds is 7. The van der Waals surface area contributed by atoms with E-state index >= 15 is 0 Å². The van der Waals surface area contributed by atoms with E-state index < -0.39 is 0 Å². The van der Waals surface area contributed by atoms with Crippen molar-refractivity contribution in [2.75, 3.05) is 33.9 Å². The van der Waals surface area contributed by atoms with Crippen molar-refractivity contribution in [1.82, 2.24) is 15.6 Å². The highest BCUT2D eigenvalue weighted by molar-refractivity contribution is 7.09. The predicted octanol–water partition coefficient (Wildman–Crippen LogP) is 1.20. The summed E-state index contributed by atoms with van der Waals surface area (Å²) in [5.41, 5.74) is 1.14. The van der Waals surface area contributed by atoms with E-state index in [0.29, 0.717) is 0 Å². The molecule has 0 unspecified atom stereocenters. The van der Waals surface area contributed by atoms with Gasteiger partial charge < -0.3 is 15.4 Å². The molecule has 0 aliphatic heterocycles. The van der Waals surface area contributed by atoms with E-state index in [1.807, 2.05) is 6.92 Å². The number of nitrogens with zero attached hydrogens (tertiary/aromatic N) is 2. The molecule has 1 rings (SSSR count). The number of ether oxygens (including phenoxy) is 1. The Morgan fingerprint density at radius 2 is 2.22 bits per heavy atom. The van der Waals surface area contributed by atoms with Crippen molar-refractivity contribution in [3.63, 3.8) is 0 Å². The number of aliphatic imine (C=N–C) groups is 1. The van der Waals surface area contributed by atoms with Crippen LogP contribution in [-0.4, -0.2) is 44.8 Å². The first-order valence-electron chi connectivity index (χ1n) is 6.10. The first-order chi connectivity index (χ1) is 8.76. The minimum Gasteiger partial charge on any atom is -0.385 e. The summed E-state index contributed by atoms with van der Waals surface area (Å²) in [5, 5.41) is 9.72. The summed E-state index contributed by atoms with van der Waals surface area (Å²) in [6.07, 6.45) is 1.89. The fraction of sp³-hybridized carbons (Fsp3) is 0.667. The molecule has 0 fully saturated rings. The molecule has 0 saturated heterocycles. The molecular formula is C12H22N4OS. The Kier molecular flexibility index (Phi) is 7.36. The van der Waals surface area contributed by atoms with Crippen molar-refractivity contribution in [2.24, 2.45) is 4.99 Å². The zero-order valence-electron chi connectivity index (χ0n) is 11.3. The summed E-state index contributed by atoms with van der Waals surface area (Å²) in [7, 11) is 3.49. The molecule has 102 valence electrons. The van der Waals surface area contributed by atoms with Crippen LogP contribution in [0.15, 0.2) is 10.4 Å². The second-order valence-electron chi connectivity index (χ2n) is 3.88. The highest BCUT2D eigenvalue weighted by Crippen LogP contribution is 2.07. The van der Waals surface area contributed by atoms with Crippen molar-refractivity contribution in [3.05, 3.63) is 16.1 Å². The minimum absolute atomic E-state index is 0.766. The van der Waals surface area contributed by atoms with Crippen LogP contribution in [0.4, 0.5) is 0 Å². The topological polar surface area (TPSA) is 58.5 Å². The Morgan fingerprint density at radius 3 is 2.83 bits per heavy atom. The van der Waals surface area contributed by atoms with Gasteiger partial charge in [-0.05, 0) is 13.3 Å². The quantitative estimate of drug-likeness (QED) is 0.444. The number of aryl methyl sites for hydroxylation is 1. The number of guanidine groups is 1. The first kappa shape index (κ1) is 14.9. The first-order valence-corrected chi connectivity index (χ1v) is 6.98. The average molecular weight is 270 g/mol. The molecule has 1 aromatic heterocycles. The maximum absolute atomic E-state index is 4.99. The third-order valence-corrected chi connectivity index (χ3v) is 3.20. The van der Waals surface area contributed by atoms with Gasteiger partial charge in [0.1, 0.15) is 0 Å². The van der Waals surface area contributed by atoms with Gasteiger partial charge in [-0.2, -0.15) is 0 Å². The molecule has 2 N–H and O–H groups in total. The summed E-state index contributed by atoms with van der Waals surface area (Å²) in [6.45, 7) is 4.50. The maximum atomic E-state index is 4.99. The van der Waals surface area contributed by atoms with Crippen molar-refractivity contribution in [1.29, 1.82) is 0 Å². The zero-order chi connectivity index (χ0) is 13.2. The Hall–Kier alpha value is -1.14. The van der Waals surface area contributed by atoms with Crippen LogP contribution in [0.5, 0.6) is 0 Å². The monoisotopic (exact) mass is 270 g/mol. The van der Waals surface area contributed by atoms with Crippen LogP contribution >= 0.6 is 11.3 Å². The smallest absolute Gasteiger partial charge is 0.190 e. The average Bonchev–Trinajstić information content (AvgIpc) is 2.78. The number of hydrogen-bond donors (Lipinski definition) is 2. The SMILES string of the molecule is CN=C(NCCCOC)NCCc1csc(C)n1. The standard InChI is InChI=1S/C12H22N4OS/c1-10-16-11(9-18-10)5-7-15-12(13-2)14-6-4-8-17-3/h9H,4-8H2,1-3H3,(H2,13,14,15). The van der Waals surface area contributed by atoms with Crippen molar-refractivity contribution >= 4 is 17.3 Å². The fourth-order valence-electron chi connectivity index (χ4n) is 1.48. The summed E-state index contributed by atoms with van der Waals surface area (Å²) in [6, 6.07) is 0. The lowest BCUT2D eigenvalue weighted by atomic mass is 10.3. The Bertz CT molecular complexity index is 365. The molecule has 0 atom stereocenters. The van der Waals surface area contributed by atoms with Crippen LogP contribution in [0.3, 0.4) is 0 Å². The molecule has 1 aromatic rings. The Balaban J connectivity index is 2.15. The molecular weight excluding hydrogens is 248 g/mol. The van der Waals surface area contributed by atoms with Crippen LogP contribution < -0.4 is 10.6 Å². The van der Waals surface area contributed by atoms with Crippen LogP contribution in [0, 0.1) is 6.92 Å². The third kappa shape index (κ3) is 5.97. The van der Waals surface area contributed by atoms with Gasteiger partial charge in [0.15, 0.2) is 5.96 Å². The van der Waals surface area contributed by atoms with Crippen LogP contribution in [0.25, 0.3) is 0 Å². The van der Waals surface area contributed by atoms with Gasteiger partial charge in [0.25, 0.3) is 0 Å². The molecule has 0 aromatic carbocycles. The second-order valence-corrected chi connectivity index (χ2v) is 4.94. The molecule has 5 nitrogen and oxygen atoms in total. The number of thiazole rings is 1. The summed E-state index contributed by atoms with van der Waals surface area (Å²) in [5.74, 6) is 0.832. The lowest BCUT2D eigenvalue weighted by Crippen LogP contribution is -2.39. The Morgan fingerprint density at radius 1 is 1.44 bits per heavy atom. The van der Waals surface area contributed by atoms with Crippen molar-refractivity contribution in [3.8, 4) is 0 Å². The van der Waals surface area contributed by atoms with Gasteiger partial charge >= 0.3 is 0 Å². The zero-order valence-corrected chi connectivity index (χ0v) is 12.1. The van der Waals surface area contributed by atoms with E-state index in [9.17, 15) is 0 Å². The minimum atomic E-state index is 0.766.